The van der Waals surface area contributed by atoms with Crippen LogP contribution in [0.15, 0.2) is 17.2 Å². The lowest BCUT2D eigenvalue weighted by Gasteiger charge is -2.05. The summed E-state index contributed by atoms with van der Waals surface area (Å²) < 4.78 is 27.1. The molecule has 0 aliphatic rings. The van der Waals surface area contributed by atoms with E-state index in [1.54, 1.807) is 7.05 Å². The Morgan fingerprint density at radius 1 is 1.29 bits per heavy atom. The molecule has 0 aromatic carbocycles. The maximum Gasteiger partial charge on any atom is 0.267 e. The number of nitrogens with zero attached hydrogens (tertiary/aromatic N) is 1. The van der Waals surface area contributed by atoms with Crippen LogP contribution in [0.4, 0.5) is 0 Å². The standard InChI is InChI=1S/C13H23N3O4S/c1-14-21(19,20)11-9-12(16(2)10-11)13(18)15-7-5-3-4-6-8-17/h9-10,14,17H,3-8H2,1-2H3,(H,15,18). The Labute approximate surface area is 125 Å². The number of hydrogen-bond acceptors (Lipinski definition) is 4. The van der Waals surface area contributed by atoms with Gasteiger partial charge in [-0.2, -0.15) is 0 Å². The van der Waals surface area contributed by atoms with Crippen molar-refractivity contribution in [2.45, 2.75) is 30.6 Å². The summed E-state index contributed by atoms with van der Waals surface area (Å²) in [6.07, 6.45) is 4.88. The van der Waals surface area contributed by atoms with E-state index >= 15 is 0 Å². The van der Waals surface area contributed by atoms with Crippen molar-refractivity contribution in [3.8, 4) is 0 Å². The molecule has 3 N–H and O–H groups in total. The maximum absolute atomic E-state index is 12.0. The number of amides is 1. The van der Waals surface area contributed by atoms with Crippen molar-refractivity contribution >= 4 is 15.9 Å². The highest BCUT2D eigenvalue weighted by Crippen LogP contribution is 2.13. The molecule has 0 atom stereocenters. The molecular formula is C13H23N3O4S. The van der Waals surface area contributed by atoms with Crippen LogP contribution in [0, 0.1) is 0 Å². The van der Waals surface area contributed by atoms with Gasteiger partial charge in [0.25, 0.3) is 5.91 Å². The molecule has 0 saturated carbocycles. The topological polar surface area (TPSA) is 100 Å². The van der Waals surface area contributed by atoms with Gasteiger partial charge in [-0.25, -0.2) is 13.1 Å². The number of carbonyl (C=O) groups is 1. The quantitative estimate of drug-likeness (QED) is 0.567. The molecule has 0 fully saturated rings. The monoisotopic (exact) mass is 317 g/mol. The van der Waals surface area contributed by atoms with Crippen molar-refractivity contribution in [3.05, 3.63) is 18.0 Å². The summed E-state index contributed by atoms with van der Waals surface area (Å²) in [6.45, 7) is 0.724. The van der Waals surface area contributed by atoms with Gasteiger partial charge in [0.05, 0.1) is 0 Å². The first-order valence-electron chi connectivity index (χ1n) is 6.91. The average molecular weight is 317 g/mol. The number of aryl methyl sites for hydroxylation is 1. The predicted octanol–water partition coefficient (Wildman–Crippen LogP) is 0.216. The first-order valence-corrected chi connectivity index (χ1v) is 8.39. The molecule has 1 aromatic heterocycles. The number of hydrogen-bond donors (Lipinski definition) is 3. The number of sulfonamides is 1. The Balaban J connectivity index is 2.55. The third-order valence-corrected chi connectivity index (χ3v) is 4.54. The number of unbranched alkanes of at least 4 members (excludes halogenated alkanes) is 3. The van der Waals surface area contributed by atoms with Crippen molar-refractivity contribution in [1.82, 2.24) is 14.6 Å². The van der Waals surface area contributed by atoms with Crippen molar-refractivity contribution in [2.24, 2.45) is 7.05 Å². The van der Waals surface area contributed by atoms with Crippen LogP contribution in [-0.4, -0.2) is 44.2 Å². The largest absolute Gasteiger partial charge is 0.396 e. The van der Waals surface area contributed by atoms with Gasteiger partial charge in [0, 0.05) is 26.4 Å². The summed E-state index contributed by atoms with van der Waals surface area (Å²) in [5, 5.41) is 11.4. The van der Waals surface area contributed by atoms with Crippen LogP contribution in [0.2, 0.25) is 0 Å². The third-order valence-electron chi connectivity index (χ3n) is 3.16. The lowest BCUT2D eigenvalue weighted by Crippen LogP contribution is -2.26. The molecule has 7 nitrogen and oxygen atoms in total. The SMILES string of the molecule is CNS(=O)(=O)c1cc(C(=O)NCCCCCCO)n(C)c1. The number of aliphatic hydroxyl groups excluding tert-OH is 1. The van der Waals surface area contributed by atoms with Gasteiger partial charge in [0.2, 0.25) is 10.0 Å². The number of nitrogens with one attached hydrogen (secondary N) is 2. The summed E-state index contributed by atoms with van der Waals surface area (Å²) >= 11 is 0. The zero-order valence-electron chi connectivity index (χ0n) is 12.4. The number of carbonyl (C=O) groups excluding carboxylic acids is 1. The van der Waals surface area contributed by atoms with E-state index in [0.29, 0.717) is 12.2 Å². The fourth-order valence-electron chi connectivity index (χ4n) is 1.91. The Bertz CT molecular complexity index is 566. The lowest BCUT2D eigenvalue weighted by atomic mass is 10.2. The van der Waals surface area contributed by atoms with Crippen LogP contribution in [0.1, 0.15) is 36.2 Å². The van der Waals surface area contributed by atoms with Gasteiger partial charge < -0.3 is 15.0 Å². The number of aliphatic hydroxyl groups is 1. The number of aromatic nitrogens is 1. The second-order valence-corrected chi connectivity index (χ2v) is 6.66. The lowest BCUT2D eigenvalue weighted by molar-refractivity contribution is 0.0944. The zero-order chi connectivity index (χ0) is 15.9. The molecule has 0 saturated heterocycles. The van der Waals surface area contributed by atoms with Gasteiger partial charge in [-0.15, -0.1) is 0 Å². The Hall–Kier alpha value is -1.38. The van der Waals surface area contributed by atoms with Crippen LogP contribution in [0.25, 0.3) is 0 Å². The first kappa shape index (κ1) is 17.7. The summed E-state index contributed by atoms with van der Waals surface area (Å²) in [5.74, 6) is -0.294. The maximum atomic E-state index is 12.0. The molecule has 1 rings (SSSR count). The number of rotatable bonds is 9. The van der Waals surface area contributed by atoms with Crippen LogP contribution in [0.5, 0.6) is 0 Å². The Morgan fingerprint density at radius 2 is 1.95 bits per heavy atom. The summed E-state index contributed by atoms with van der Waals surface area (Å²) in [5.41, 5.74) is 0.305. The van der Waals surface area contributed by atoms with E-state index in [9.17, 15) is 13.2 Å². The molecule has 0 bridgehead atoms. The zero-order valence-corrected chi connectivity index (χ0v) is 13.2. The minimum Gasteiger partial charge on any atom is -0.396 e. The fourth-order valence-corrected chi connectivity index (χ4v) is 2.71. The Morgan fingerprint density at radius 3 is 2.57 bits per heavy atom. The molecule has 0 aliphatic carbocycles. The molecular weight excluding hydrogens is 294 g/mol. The van der Waals surface area contributed by atoms with Gasteiger partial charge in [-0.05, 0) is 26.0 Å². The first-order chi connectivity index (χ1) is 9.92. The molecule has 120 valence electrons. The molecule has 0 aliphatic heterocycles. The third kappa shape index (κ3) is 5.14. The van der Waals surface area contributed by atoms with E-state index in [-0.39, 0.29) is 17.4 Å². The molecule has 0 spiro atoms. The van der Waals surface area contributed by atoms with Crippen molar-refractivity contribution in [2.75, 3.05) is 20.2 Å². The van der Waals surface area contributed by atoms with Gasteiger partial charge in [-0.1, -0.05) is 12.8 Å². The summed E-state index contributed by atoms with van der Waals surface area (Å²) in [6, 6.07) is 1.35. The van der Waals surface area contributed by atoms with E-state index in [0.717, 1.165) is 25.7 Å². The molecule has 1 amide bonds. The summed E-state index contributed by atoms with van der Waals surface area (Å²) in [4.78, 5) is 12.1. The van der Waals surface area contributed by atoms with E-state index in [1.165, 1.54) is 23.9 Å². The second-order valence-electron chi connectivity index (χ2n) is 4.77. The van der Waals surface area contributed by atoms with Gasteiger partial charge in [0.15, 0.2) is 0 Å². The molecule has 1 heterocycles. The van der Waals surface area contributed by atoms with Crippen LogP contribution in [0.3, 0.4) is 0 Å². The molecule has 8 heteroatoms. The average Bonchev–Trinajstić information content (AvgIpc) is 2.85. The highest BCUT2D eigenvalue weighted by molar-refractivity contribution is 7.89. The minimum atomic E-state index is -3.54. The minimum absolute atomic E-state index is 0.0700. The van der Waals surface area contributed by atoms with Crippen LogP contribution < -0.4 is 10.0 Å². The smallest absolute Gasteiger partial charge is 0.267 e. The summed E-state index contributed by atoms with van der Waals surface area (Å²) in [7, 11) is -0.586. The van der Waals surface area contributed by atoms with Crippen LogP contribution >= 0.6 is 0 Å². The van der Waals surface area contributed by atoms with Crippen molar-refractivity contribution in [1.29, 1.82) is 0 Å². The van der Waals surface area contributed by atoms with Crippen molar-refractivity contribution < 1.29 is 18.3 Å². The van der Waals surface area contributed by atoms with Gasteiger partial charge in [0.1, 0.15) is 10.6 Å². The normalized spacial score (nSPS) is 11.6. The Kier molecular flexibility index (Phi) is 6.86. The van der Waals surface area contributed by atoms with Crippen molar-refractivity contribution in [3.63, 3.8) is 0 Å². The highest BCUT2D eigenvalue weighted by Gasteiger charge is 2.18. The van der Waals surface area contributed by atoms with E-state index < -0.39 is 10.0 Å². The molecule has 0 radical (unpaired) electrons. The van der Waals surface area contributed by atoms with Gasteiger partial charge in [-0.3, -0.25) is 4.79 Å². The van der Waals surface area contributed by atoms with E-state index in [4.69, 9.17) is 5.11 Å². The predicted molar refractivity (Wildman–Crippen MR) is 79.5 cm³/mol. The molecule has 1 aromatic rings. The van der Waals surface area contributed by atoms with Crippen LogP contribution in [-0.2, 0) is 17.1 Å². The van der Waals surface area contributed by atoms with E-state index in [1.807, 2.05) is 0 Å². The van der Waals surface area contributed by atoms with Gasteiger partial charge >= 0.3 is 0 Å². The highest BCUT2D eigenvalue weighted by atomic mass is 32.2. The second kappa shape index (κ2) is 8.16. The molecule has 21 heavy (non-hydrogen) atoms. The molecule has 0 unspecified atom stereocenters. The fraction of sp³-hybridized carbons (Fsp3) is 0.615. The van der Waals surface area contributed by atoms with E-state index in [2.05, 4.69) is 10.0 Å².